The number of rotatable bonds is 3. The van der Waals surface area contributed by atoms with Crippen LogP contribution in [-0.4, -0.2) is 42.0 Å². The third kappa shape index (κ3) is 2.39. The van der Waals surface area contributed by atoms with Crippen LogP contribution in [0.15, 0.2) is 0 Å². The monoisotopic (exact) mass is 282 g/mol. The maximum atomic E-state index is 12.6. The third-order valence-corrected chi connectivity index (χ3v) is 4.24. The molecule has 0 radical (unpaired) electrons. The molecule has 0 unspecified atom stereocenters. The Hall–Kier alpha value is -1.59. The summed E-state index contributed by atoms with van der Waals surface area (Å²) in [6.07, 6.45) is 4.36. The van der Waals surface area contributed by atoms with Gasteiger partial charge in [0.1, 0.15) is 5.54 Å². The average Bonchev–Trinajstić information content (AvgIpc) is 2.63. The Morgan fingerprint density at radius 3 is 2.45 bits per heavy atom. The Labute approximate surface area is 118 Å². The SMILES string of the molecule is COC(=O)C(C)(C)CN1C(=O)NC2(CCCCC2)C1=O. The Morgan fingerprint density at radius 1 is 1.30 bits per heavy atom. The number of hydrogen-bond acceptors (Lipinski definition) is 4. The Balaban J connectivity index is 2.15. The molecule has 1 aliphatic heterocycles. The molecule has 3 amide bonds. The molecular formula is C14H22N2O4. The zero-order chi connectivity index (χ0) is 15.0. The lowest BCUT2D eigenvalue weighted by atomic mass is 9.81. The minimum atomic E-state index is -0.901. The second-order valence-corrected chi connectivity index (χ2v) is 6.34. The van der Waals surface area contributed by atoms with Crippen molar-refractivity contribution < 1.29 is 19.1 Å². The highest BCUT2D eigenvalue weighted by atomic mass is 16.5. The van der Waals surface area contributed by atoms with E-state index in [0.29, 0.717) is 12.8 Å². The summed E-state index contributed by atoms with van der Waals surface area (Å²) in [4.78, 5) is 37.5. The molecular weight excluding hydrogens is 260 g/mol. The van der Waals surface area contributed by atoms with E-state index in [-0.39, 0.29) is 12.5 Å². The topological polar surface area (TPSA) is 75.7 Å². The molecule has 20 heavy (non-hydrogen) atoms. The predicted molar refractivity (Wildman–Crippen MR) is 71.9 cm³/mol. The van der Waals surface area contributed by atoms with Gasteiger partial charge >= 0.3 is 12.0 Å². The van der Waals surface area contributed by atoms with E-state index in [0.717, 1.165) is 19.3 Å². The van der Waals surface area contributed by atoms with Gasteiger partial charge in [-0.2, -0.15) is 0 Å². The number of imide groups is 1. The smallest absolute Gasteiger partial charge is 0.325 e. The fourth-order valence-corrected chi connectivity index (χ4v) is 3.05. The van der Waals surface area contributed by atoms with Gasteiger partial charge in [-0.1, -0.05) is 19.3 Å². The highest BCUT2D eigenvalue weighted by Crippen LogP contribution is 2.35. The van der Waals surface area contributed by atoms with Crippen LogP contribution in [0.3, 0.4) is 0 Å². The summed E-state index contributed by atoms with van der Waals surface area (Å²) in [6.45, 7) is 3.39. The molecule has 112 valence electrons. The molecule has 1 aliphatic carbocycles. The summed E-state index contributed by atoms with van der Waals surface area (Å²) in [5, 5.41) is 2.83. The summed E-state index contributed by atoms with van der Waals surface area (Å²) in [7, 11) is 1.30. The van der Waals surface area contributed by atoms with Crippen molar-refractivity contribution in [2.45, 2.75) is 51.5 Å². The lowest BCUT2D eigenvalue weighted by Crippen LogP contribution is -2.49. The van der Waals surface area contributed by atoms with Crippen LogP contribution in [0, 0.1) is 5.41 Å². The molecule has 2 aliphatic rings. The Bertz CT molecular complexity index is 438. The zero-order valence-electron chi connectivity index (χ0n) is 12.3. The molecule has 6 heteroatoms. The van der Waals surface area contributed by atoms with Gasteiger partial charge in [0.05, 0.1) is 12.5 Å². The van der Waals surface area contributed by atoms with E-state index in [9.17, 15) is 14.4 Å². The first kappa shape index (κ1) is 14.8. The molecule has 1 N–H and O–H groups in total. The number of carbonyl (C=O) groups excluding carboxylic acids is 3. The van der Waals surface area contributed by atoms with Gasteiger partial charge in [-0.05, 0) is 26.7 Å². The van der Waals surface area contributed by atoms with Gasteiger partial charge in [-0.3, -0.25) is 14.5 Å². The lowest BCUT2D eigenvalue weighted by molar-refractivity contribution is -0.152. The van der Waals surface area contributed by atoms with Gasteiger partial charge in [-0.25, -0.2) is 4.79 Å². The number of ether oxygens (including phenoxy) is 1. The molecule has 0 bridgehead atoms. The maximum absolute atomic E-state index is 12.6. The minimum absolute atomic E-state index is 0.0477. The Morgan fingerprint density at radius 2 is 1.90 bits per heavy atom. The normalized spacial score (nSPS) is 22.1. The van der Waals surface area contributed by atoms with Gasteiger partial charge in [0.2, 0.25) is 0 Å². The summed E-state index contributed by atoms with van der Waals surface area (Å²) in [5.74, 6) is -0.623. The first-order valence-corrected chi connectivity index (χ1v) is 7.05. The molecule has 2 rings (SSSR count). The molecule has 1 saturated heterocycles. The lowest BCUT2D eigenvalue weighted by Gasteiger charge is -2.31. The number of hydrogen-bond donors (Lipinski definition) is 1. The minimum Gasteiger partial charge on any atom is -0.469 e. The number of esters is 1. The van der Waals surface area contributed by atoms with E-state index < -0.39 is 23.0 Å². The second kappa shape index (κ2) is 5.07. The van der Waals surface area contributed by atoms with Crippen molar-refractivity contribution in [2.24, 2.45) is 5.41 Å². The molecule has 2 fully saturated rings. The molecule has 0 atom stereocenters. The highest BCUT2D eigenvalue weighted by Gasteiger charge is 2.52. The average molecular weight is 282 g/mol. The number of amides is 3. The van der Waals surface area contributed by atoms with Crippen molar-refractivity contribution in [3.05, 3.63) is 0 Å². The number of nitrogens with zero attached hydrogens (tertiary/aromatic N) is 1. The van der Waals surface area contributed by atoms with E-state index in [4.69, 9.17) is 4.74 Å². The van der Waals surface area contributed by atoms with Gasteiger partial charge in [0.25, 0.3) is 5.91 Å². The van der Waals surface area contributed by atoms with Crippen LogP contribution in [-0.2, 0) is 14.3 Å². The van der Waals surface area contributed by atoms with Crippen molar-refractivity contribution >= 4 is 17.9 Å². The quantitative estimate of drug-likeness (QED) is 0.628. The van der Waals surface area contributed by atoms with Gasteiger partial charge in [0.15, 0.2) is 0 Å². The van der Waals surface area contributed by atoms with Crippen molar-refractivity contribution in [2.75, 3.05) is 13.7 Å². The van der Waals surface area contributed by atoms with Crippen LogP contribution < -0.4 is 5.32 Å². The number of urea groups is 1. The van der Waals surface area contributed by atoms with Gasteiger partial charge in [0, 0.05) is 6.54 Å². The highest BCUT2D eigenvalue weighted by molar-refractivity contribution is 6.07. The van der Waals surface area contributed by atoms with E-state index in [1.165, 1.54) is 12.0 Å². The van der Waals surface area contributed by atoms with Crippen LogP contribution in [0.4, 0.5) is 4.79 Å². The van der Waals surface area contributed by atoms with E-state index in [1.807, 2.05) is 0 Å². The van der Waals surface area contributed by atoms with Crippen molar-refractivity contribution in [3.8, 4) is 0 Å². The number of carbonyl (C=O) groups is 3. The summed E-state index contributed by atoms with van der Waals surface area (Å²) >= 11 is 0. The second-order valence-electron chi connectivity index (χ2n) is 6.34. The standard InChI is InChI=1S/C14H22N2O4/c1-13(2,11(18)20-3)9-16-10(17)14(15-12(16)19)7-5-4-6-8-14/h4-9H2,1-3H3,(H,15,19). The largest absolute Gasteiger partial charge is 0.469 e. The fraction of sp³-hybridized carbons (Fsp3) is 0.786. The van der Waals surface area contributed by atoms with Crippen LogP contribution in [0.1, 0.15) is 46.0 Å². The van der Waals surface area contributed by atoms with Crippen LogP contribution in [0.2, 0.25) is 0 Å². The fourth-order valence-electron chi connectivity index (χ4n) is 3.05. The van der Waals surface area contributed by atoms with E-state index >= 15 is 0 Å². The van der Waals surface area contributed by atoms with Crippen LogP contribution >= 0.6 is 0 Å². The number of methoxy groups -OCH3 is 1. The summed E-state index contributed by atoms with van der Waals surface area (Å²) in [5.41, 5.74) is -1.64. The van der Waals surface area contributed by atoms with Crippen LogP contribution in [0.25, 0.3) is 0 Å². The van der Waals surface area contributed by atoms with E-state index in [1.54, 1.807) is 13.8 Å². The molecule has 0 aromatic carbocycles. The van der Waals surface area contributed by atoms with Gasteiger partial charge in [-0.15, -0.1) is 0 Å². The Kier molecular flexibility index (Phi) is 3.75. The van der Waals surface area contributed by atoms with Crippen LogP contribution in [0.5, 0.6) is 0 Å². The molecule has 0 aromatic rings. The molecule has 1 heterocycles. The predicted octanol–water partition coefficient (Wildman–Crippen LogP) is 1.44. The first-order chi connectivity index (χ1) is 9.32. The number of nitrogens with one attached hydrogen (secondary N) is 1. The molecule has 1 saturated carbocycles. The van der Waals surface area contributed by atoms with E-state index in [2.05, 4.69) is 5.32 Å². The van der Waals surface area contributed by atoms with Gasteiger partial charge < -0.3 is 10.1 Å². The maximum Gasteiger partial charge on any atom is 0.325 e. The molecule has 1 spiro atoms. The third-order valence-electron chi connectivity index (χ3n) is 4.24. The van der Waals surface area contributed by atoms with Crippen molar-refractivity contribution in [1.82, 2.24) is 10.2 Å². The first-order valence-electron chi connectivity index (χ1n) is 7.05. The van der Waals surface area contributed by atoms with Crippen molar-refractivity contribution in [1.29, 1.82) is 0 Å². The summed E-state index contributed by atoms with van der Waals surface area (Å²) in [6, 6.07) is -0.395. The summed E-state index contributed by atoms with van der Waals surface area (Å²) < 4.78 is 4.72. The zero-order valence-corrected chi connectivity index (χ0v) is 12.3. The molecule has 6 nitrogen and oxygen atoms in total. The molecule has 0 aromatic heterocycles. The van der Waals surface area contributed by atoms with Crippen molar-refractivity contribution in [3.63, 3.8) is 0 Å².